The maximum atomic E-state index is 11.7. The Balaban J connectivity index is 1.25. The van der Waals surface area contributed by atoms with Gasteiger partial charge in [-0.3, -0.25) is 0 Å². The Bertz CT molecular complexity index is 1550. The Morgan fingerprint density at radius 3 is 2.07 bits per heavy atom. The zero-order chi connectivity index (χ0) is 28.0. The Morgan fingerprint density at radius 2 is 1.41 bits per heavy atom. The summed E-state index contributed by atoms with van der Waals surface area (Å²) in [5.74, 6) is 0.147. The number of nitrogens with two attached hydrogens (primary N) is 1. The predicted octanol–water partition coefficient (Wildman–Crippen LogP) is 4.71. The SMILES string of the molecule is Nc1nc(OCc2ccccc2)c2c(ncn2[C@H]2C[C@H](OCc3ccccc3)[C@@H](COCc3ccccc3)[C@@H]2O)n1. The molecule has 1 saturated carbocycles. The van der Waals surface area contributed by atoms with Crippen LogP contribution in [0.15, 0.2) is 97.3 Å². The second-order valence-electron chi connectivity index (χ2n) is 10.3. The first kappa shape index (κ1) is 26.9. The standard InChI is InChI=1S/C32H33N5O4/c33-32-35-30-28(31(36-32)41-19-24-14-8-3-9-15-24)37(21-34-30)26-16-27(40-18-23-12-6-2-7-13-23)25(29(26)38)20-39-17-22-10-4-1-5-11-22/h1-15,21,25-27,29,38H,16-20H2,(H2,33,35,36)/t25-,26+,27+,29+/m1/s1. The summed E-state index contributed by atoms with van der Waals surface area (Å²) < 4.78 is 20.5. The molecule has 1 fully saturated rings. The van der Waals surface area contributed by atoms with Gasteiger partial charge in [-0.25, -0.2) is 4.98 Å². The minimum absolute atomic E-state index is 0.0778. The van der Waals surface area contributed by atoms with Gasteiger partial charge >= 0.3 is 0 Å². The summed E-state index contributed by atoms with van der Waals surface area (Å²) in [5.41, 5.74) is 10.1. The lowest BCUT2D eigenvalue weighted by Gasteiger charge is -2.23. The number of hydrogen-bond acceptors (Lipinski definition) is 8. The smallest absolute Gasteiger partial charge is 0.245 e. The Morgan fingerprint density at radius 1 is 0.805 bits per heavy atom. The van der Waals surface area contributed by atoms with E-state index in [1.165, 1.54) is 0 Å². The van der Waals surface area contributed by atoms with Crippen molar-refractivity contribution in [2.24, 2.45) is 5.92 Å². The molecule has 0 saturated heterocycles. The van der Waals surface area contributed by atoms with Crippen molar-refractivity contribution in [3.8, 4) is 5.88 Å². The number of rotatable bonds is 11. The van der Waals surface area contributed by atoms with Crippen LogP contribution in [-0.4, -0.2) is 43.4 Å². The summed E-state index contributed by atoms with van der Waals surface area (Å²) in [6.07, 6.45) is 1.22. The average Bonchev–Trinajstić information content (AvgIpc) is 3.56. The highest BCUT2D eigenvalue weighted by atomic mass is 16.5. The molecule has 2 aromatic heterocycles. The number of nitrogens with zero attached hydrogens (tertiary/aromatic N) is 4. The van der Waals surface area contributed by atoms with Gasteiger partial charge in [-0.15, -0.1) is 0 Å². The second kappa shape index (κ2) is 12.5. The van der Waals surface area contributed by atoms with Crippen LogP contribution >= 0.6 is 0 Å². The van der Waals surface area contributed by atoms with E-state index in [0.717, 1.165) is 16.7 Å². The molecule has 9 heteroatoms. The van der Waals surface area contributed by atoms with Gasteiger partial charge in [0.25, 0.3) is 0 Å². The van der Waals surface area contributed by atoms with Crippen molar-refractivity contribution in [1.29, 1.82) is 0 Å². The minimum Gasteiger partial charge on any atom is -0.471 e. The number of nitrogen functional groups attached to an aromatic ring is 1. The highest BCUT2D eigenvalue weighted by Crippen LogP contribution is 2.40. The maximum Gasteiger partial charge on any atom is 0.245 e. The van der Waals surface area contributed by atoms with Crippen molar-refractivity contribution in [3.63, 3.8) is 0 Å². The lowest BCUT2D eigenvalue weighted by Crippen LogP contribution is -2.31. The third-order valence-corrected chi connectivity index (χ3v) is 7.50. The zero-order valence-corrected chi connectivity index (χ0v) is 22.6. The summed E-state index contributed by atoms with van der Waals surface area (Å²) in [4.78, 5) is 13.2. The maximum absolute atomic E-state index is 11.7. The highest BCUT2D eigenvalue weighted by Gasteiger charge is 2.45. The molecule has 0 amide bonds. The number of aromatic nitrogens is 4. The molecular weight excluding hydrogens is 518 g/mol. The fourth-order valence-corrected chi connectivity index (χ4v) is 5.41. The Kier molecular flexibility index (Phi) is 8.18. The van der Waals surface area contributed by atoms with Gasteiger partial charge in [0.05, 0.1) is 44.4 Å². The van der Waals surface area contributed by atoms with Crippen molar-refractivity contribution >= 4 is 17.1 Å². The number of anilines is 1. The Labute approximate surface area is 238 Å². The second-order valence-corrected chi connectivity index (χ2v) is 10.3. The minimum atomic E-state index is -0.761. The van der Waals surface area contributed by atoms with Crippen molar-refractivity contribution in [2.45, 2.75) is 44.5 Å². The summed E-state index contributed by atoms with van der Waals surface area (Å²) in [6.45, 7) is 1.55. The van der Waals surface area contributed by atoms with E-state index in [1.54, 1.807) is 6.33 Å². The molecule has 210 valence electrons. The number of hydrogen-bond donors (Lipinski definition) is 2. The molecule has 3 aromatic carbocycles. The van der Waals surface area contributed by atoms with Crippen LogP contribution in [-0.2, 0) is 29.3 Å². The van der Waals surface area contributed by atoms with E-state index in [9.17, 15) is 5.11 Å². The molecule has 0 unspecified atom stereocenters. The van der Waals surface area contributed by atoms with Gasteiger partial charge in [-0.1, -0.05) is 91.0 Å². The normalized spacial score (nSPS) is 20.4. The molecule has 0 radical (unpaired) electrons. The van der Waals surface area contributed by atoms with Crippen LogP contribution in [0.3, 0.4) is 0 Å². The molecule has 2 heterocycles. The van der Waals surface area contributed by atoms with Crippen molar-refractivity contribution in [2.75, 3.05) is 12.3 Å². The number of aliphatic hydroxyl groups excluding tert-OH is 1. The highest BCUT2D eigenvalue weighted by molar-refractivity contribution is 5.78. The number of aliphatic hydroxyl groups is 1. The van der Waals surface area contributed by atoms with Gasteiger partial charge in [0.1, 0.15) is 6.61 Å². The van der Waals surface area contributed by atoms with Crippen molar-refractivity contribution in [1.82, 2.24) is 19.5 Å². The van der Waals surface area contributed by atoms with Crippen LogP contribution in [0.25, 0.3) is 11.2 Å². The van der Waals surface area contributed by atoms with E-state index >= 15 is 0 Å². The summed E-state index contributed by atoms with van der Waals surface area (Å²) in [5, 5.41) is 11.7. The van der Waals surface area contributed by atoms with Crippen molar-refractivity contribution in [3.05, 3.63) is 114 Å². The molecule has 3 N–H and O–H groups in total. The van der Waals surface area contributed by atoms with Gasteiger partial charge in [-0.05, 0) is 23.1 Å². The molecule has 6 rings (SSSR count). The lowest BCUT2D eigenvalue weighted by molar-refractivity contribution is -0.0475. The third-order valence-electron chi connectivity index (χ3n) is 7.50. The third kappa shape index (κ3) is 6.22. The van der Waals surface area contributed by atoms with Crippen LogP contribution in [0.1, 0.15) is 29.2 Å². The average molecular weight is 552 g/mol. The first-order chi connectivity index (χ1) is 20.2. The van der Waals surface area contributed by atoms with Gasteiger partial charge in [0, 0.05) is 5.92 Å². The number of imidazole rings is 1. The molecule has 1 aliphatic rings. The topological polar surface area (TPSA) is 118 Å². The first-order valence-electron chi connectivity index (χ1n) is 13.8. The molecular formula is C32H33N5O4. The van der Waals surface area contributed by atoms with Gasteiger partial charge < -0.3 is 29.6 Å². The van der Waals surface area contributed by atoms with Crippen molar-refractivity contribution < 1.29 is 19.3 Å². The number of ether oxygens (including phenoxy) is 3. The largest absolute Gasteiger partial charge is 0.471 e. The zero-order valence-electron chi connectivity index (χ0n) is 22.6. The van der Waals surface area contributed by atoms with E-state index < -0.39 is 6.10 Å². The van der Waals surface area contributed by atoms with E-state index in [1.807, 2.05) is 95.6 Å². The first-order valence-corrected chi connectivity index (χ1v) is 13.8. The number of benzene rings is 3. The van der Waals surface area contributed by atoms with Crippen LogP contribution in [0.2, 0.25) is 0 Å². The molecule has 0 spiro atoms. The van der Waals surface area contributed by atoms with Gasteiger partial charge in [-0.2, -0.15) is 9.97 Å². The molecule has 0 aliphatic heterocycles. The predicted molar refractivity (Wildman–Crippen MR) is 155 cm³/mol. The lowest BCUT2D eigenvalue weighted by atomic mass is 10.0. The van der Waals surface area contributed by atoms with E-state index in [-0.39, 0.29) is 24.0 Å². The Hall–Kier alpha value is -4.31. The number of fused-ring (bicyclic) bond motifs is 1. The fraction of sp³-hybridized carbons (Fsp3) is 0.281. The van der Waals surface area contributed by atoms with Gasteiger partial charge in [0.2, 0.25) is 11.8 Å². The van der Waals surface area contributed by atoms with E-state index in [0.29, 0.717) is 49.9 Å². The molecule has 4 atom stereocenters. The molecule has 1 aliphatic carbocycles. The molecule has 9 nitrogen and oxygen atoms in total. The van der Waals surface area contributed by atoms with Crippen LogP contribution < -0.4 is 10.5 Å². The fourth-order valence-electron chi connectivity index (χ4n) is 5.41. The van der Waals surface area contributed by atoms with Crippen LogP contribution in [0, 0.1) is 5.92 Å². The van der Waals surface area contributed by atoms with E-state index in [2.05, 4.69) is 15.0 Å². The summed E-state index contributed by atoms with van der Waals surface area (Å²) >= 11 is 0. The summed E-state index contributed by atoms with van der Waals surface area (Å²) in [7, 11) is 0. The summed E-state index contributed by atoms with van der Waals surface area (Å²) in [6, 6.07) is 29.5. The molecule has 0 bridgehead atoms. The van der Waals surface area contributed by atoms with Crippen LogP contribution in [0.4, 0.5) is 5.95 Å². The van der Waals surface area contributed by atoms with E-state index in [4.69, 9.17) is 19.9 Å². The molecule has 5 aromatic rings. The quantitative estimate of drug-likeness (QED) is 0.242. The van der Waals surface area contributed by atoms with Gasteiger partial charge in [0.15, 0.2) is 11.2 Å². The monoisotopic (exact) mass is 551 g/mol. The van der Waals surface area contributed by atoms with Crippen LogP contribution in [0.5, 0.6) is 5.88 Å². The molecule has 41 heavy (non-hydrogen) atoms.